The molecule has 0 atom stereocenters. The Kier molecular flexibility index (Phi) is 5.94. The Morgan fingerprint density at radius 1 is 0.412 bits per heavy atom. The predicted octanol–water partition coefficient (Wildman–Crippen LogP) is 9.01. The molecule has 0 aliphatic heterocycles. The quantitative estimate of drug-likeness (QED) is 0.293. The summed E-state index contributed by atoms with van der Waals surface area (Å²) in [5, 5.41) is 0. The zero-order valence-electron chi connectivity index (χ0n) is 21.1. The molecule has 0 bridgehead atoms. The highest BCUT2D eigenvalue weighted by Crippen LogP contribution is 2.54. The summed E-state index contributed by atoms with van der Waals surface area (Å²) in [6, 6.07) is 37.0. The Bertz CT molecular complexity index is 1110. The van der Waals surface area contributed by atoms with Crippen LogP contribution in [0, 0.1) is 27.7 Å². The lowest BCUT2D eigenvalue weighted by Crippen LogP contribution is -2.41. The minimum absolute atomic E-state index is 0. The molecule has 0 amide bonds. The lowest BCUT2D eigenvalue weighted by Gasteiger charge is -2.48. The first-order valence-electron chi connectivity index (χ1n) is 12.7. The summed E-state index contributed by atoms with van der Waals surface area (Å²) in [6.07, 6.45) is 4.56. The van der Waals surface area contributed by atoms with Gasteiger partial charge in [-0.25, -0.2) is 0 Å². The normalized spacial score (nSPS) is 16.8. The third-order valence-corrected chi connectivity index (χ3v) is 8.24. The van der Waals surface area contributed by atoms with Crippen LogP contribution in [0.4, 0.5) is 0 Å². The van der Waals surface area contributed by atoms with Crippen molar-refractivity contribution in [2.75, 3.05) is 0 Å². The summed E-state index contributed by atoms with van der Waals surface area (Å²) in [5.41, 5.74) is 11.4. The monoisotopic (exact) mass is 446 g/mol. The van der Waals surface area contributed by atoms with Crippen LogP contribution in [0.1, 0.15) is 71.6 Å². The molecule has 4 aromatic rings. The van der Waals surface area contributed by atoms with Gasteiger partial charge in [0.25, 0.3) is 0 Å². The molecule has 0 aromatic heterocycles. The van der Waals surface area contributed by atoms with E-state index < -0.39 is 0 Å². The second kappa shape index (κ2) is 8.91. The highest BCUT2D eigenvalue weighted by Gasteiger charge is 2.46. The molecular formula is C34H38. The van der Waals surface area contributed by atoms with Crippen LogP contribution in [-0.4, -0.2) is 0 Å². The van der Waals surface area contributed by atoms with E-state index in [2.05, 4.69) is 125 Å². The van der Waals surface area contributed by atoms with Crippen LogP contribution in [0.25, 0.3) is 0 Å². The second-order valence-corrected chi connectivity index (χ2v) is 10.6. The van der Waals surface area contributed by atoms with Crippen molar-refractivity contribution < 1.29 is 1.43 Å². The number of benzene rings is 4. The molecular weight excluding hydrogens is 408 g/mol. The maximum absolute atomic E-state index is 2.43. The van der Waals surface area contributed by atoms with Crippen molar-refractivity contribution in [1.29, 1.82) is 0 Å². The smallest absolute Gasteiger partial charge is 0.0204 e. The SMILES string of the molecule is Cc1cccc(C2(c3cccc(C)c3)CCC(c3cccc(C)c3)(c3cccc(C)c3)CC2)c1.[HH]. The fourth-order valence-corrected chi connectivity index (χ4v) is 6.36. The summed E-state index contributed by atoms with van der Waals surface area (Å²) < 4.78 is 0. The molecule has 1 saturated carbocycles. The molecule has 4 aromatic carbocycles. The van der Waals surface area contributed by atoms with Crippen molar-refractivity contribution in [3.63, 3.8) is 0 Å². The van der Waals surface area contributed by atoms with Gasteiger partial charge >= 0.3 is 0 Å². The predicted molar refractivity (Wildman–Crippen MR) is 147 cm³/mol. The molecule has 34 heavy (non-hydrogen) atoms. The summed E-state index contributed by atoms with van der Waals surface area (Å²) in [6.45, 7) is 8.89. The molecule has 0 spiro atoms. The average molecular weight is 447 g/mol. The van der Waals surface area contributed by atoms with Gasteiger partial charge in [-0.2, -0.15) is 0 Å². The minimum Gasteiger partial charge on any atom is -0.0617 e. The van der Waals surface area contributed by atoms with Crippen LogP contribution in [0.15, 0.2) is 97.1 Å². The van der Waals surface area contributed by atoms with E-state index >= 15 is 0 Å². The average Bonchev–Trinajstić information content (AvgIpc) is 2.84. The van der Waals surface area contributed by atoms with Gasteiger partial charge in [0.1, 0.15) is 0 Å². The summed E-state index contributed by atoms with van der Waals surface area (Å²) in [7, 11) is 0. The third kappa shape index (κ3) is 4.00. The van der Waals surface area contributed by atoms with E-state index in [0.717, 1.165) is 25.7 Å². The van der Waals surface area contributed by atoms with Crippen molar-refractivity contribution in [1.82, 2.24) is 0 Å². The number of rotatable bonds is 4. The van der Waals surface area contributed by atoms with E-state index in [1.165, 1.54) is 44.5 Å². The summed E-state index contributed by atoms with van der Waals surface area (Å²) in [4.78, 5) is 0. The van der Waals surface area contributed by atoms with E-state index in [9.17, 15) is 0 Å². The number of hydrogen-bond acceptors (Lipinski definition) is 0. The van der Waals surface area contributed by atoms with E-state index in [-0.39, 0.29) is 12.3 Å². The molecule has 0 nitrogen and oxygen atoms in total. The summed E-state index contributed by atoms with van der Waals surface area (Å²) in [5.74, 6) is 0. The molecule has 5 rings (SSSR count). The van der Waals surface area contributed by atoms with Crippen molar-refractivity contribution in [2.45, 2.75) is 64.2 Å². The van der Waals surface area contributed by atoms with Crippen LogP contribution in [0.3, 0.4) is 0 Å². The van der Waals surface area contributed by atoms with Crippen LogP contribution < -0.4 is 0 Å². The Balaban J connectivity index is 0.00000289. The van der Waals surface area contributed by atoms with Gasteiger partial charge in [-0.3, -0.25) is 0 Å². The molecule has 0 heterocycles. The fraction of sp³-hybridized carbons (Fsp3) is 0.294. The van der Waals surface area contributed by atoms with Gasteiger partial charge < -0.3 is 0 Å². The third-order valence-electron chi connectivity index (χ3n) is 8.24. The first-order valence-corrected chi connectivity index (χ1v) is 12.7. The van der Waals surface area contributed by atoms with Gasteiger partial charge in [0.05, 0.1) is 0 Å². The molecule has 1 aliphatic carbocycles. The largest absolute Gasteiger partial charge is 0.0617 e. The van der Waals surface area contributed by atoms with Gasteiger partial charge in [0.2, 0.25) is 0 Å². The zero-order valence-corrected chi connectivity index (χ0v) is 21.1. The van der Waals surface area contributed by atoms with Crippen molar-refractivity contribution in [2.24, 2.45) is 0 Å². The standard InChI is InChI=1S/C34H36.H2/c1-25-9-5-13-29(21-25)33(30-14-6-10-26(2)22-30)17-19-34(20-18-33,31-15-7-11-27(3)23-31)32-16-8-12-28(4)24-32;/h5-16,21-24H,17-20H2,1-4H3;1H. The molecule has 0 radical (unpaired) electrons. The van der Waals surface area contributed by atoms with Crippen LogP contribution >= 0.6 is 0 Å². The number of hydrogen-bond donors (Lipinski definition) is 0. The molecule has 0 saturated heterocycles. The van der Waals surface area contributed by atoms with Crippen molar-refractivity contribution in [3.8, 4) is 0 Å². The van der Waals surface area contributed by atoms with Crippen LogP contribution in [-0.2, 0) is 10.8 Å². The highest BCUT2D eigenvalue weighted by molar-refractivity contribution is 5.48. The second-order valence-electron chi connectivity index (χ2n) is 10.6. The zero-order chi connectivity index (χ0) is 23.8. The van der Waals surface area contributed by atoms with E-state index in [0.29, 0.717) is 0 Å². The van der Waals surface area contributed by atoms with Crippen molar-refractivity contribution >= 4 is 0 Å². The molecule has 1 aliphatic rings. The van der Waals surface area contributed by atoms with Crippen LogP contribution in [0.2, 0.25) is 0 Å². The first kappa shape index (κ1) is 22.7. The Labute approximate surface area is 207 Å². The van der Waals surface area contributed by atoms with Gasteiger partial charge in [0.15, 0.2) is 0 Å². The molecule has 0 unspecified atom stereocenters. The van der Waals surface area contributed by atoms with Gasteiger partial charge in [-0.05, 0) is 75.6 Å². The number of aryl methyl sites for hydroxylation is 4. The van der Waals surface area contributed by atoms with Crippen LogP contribution in [0.5, 0.6) is 0 Å². The Morgan fingerprint density at radius 3 is 0.853 bits per heavy atom. The first-order chi connectivity index (χ1) is 16.4. The molecule has 1 fully saturated rings. The highest BCUT2D eigenvalue weighted by atomic mass is 14.5. The maximum atomic E-state index is 2.43. The fourth-order valence-electron chi connectivity index (χ4n) is 6.36. The van der Waals surface area contributed by atoms with Gasteiger partial charge in [0, 0.05) is 12.3 Å². The molecule has 0 N–H and O–H groups in total. The van der Waals surface area contributed by atoms with Gasteiger partial charge in [-0.1, -0.05) is 119 Å². The summed E-state index contributed by atoms with van der Waals surface area (Å²) >= 11 is 0. The lowest BCUT2D eigenvalue weighted by molar-refractivity contribution is 0.256. The van der Waals surface area contributed by atoms with Crippen molar-refractivity contribution in [3.05, 3.63) is 142 Å². The van der Waals surface area contributed by atoms with E-state index in [1.54, 1.807) is 0 Å². The Hall–Kier alpha value is -3.12. The minimum atomic E-state index is 0. The molecule has 0 heteroatoms. The topological polar surface area (TPSA) is 0 Å². The van der Waals surface area contributed by atoms with E-state index in [4.69, 9.17) is 0 Å². The lowest BCUT2D eigenvalue weighted by atomic mass is 9.55. The van der Waals surface area contributed by atoms with Gasteiger partial charge in [-0.15, -0.1) is 0 Å². The molecule has 174 valence electrons. The Morgan fingerprint density at radius 2 is 0.647 bits per heavy atom. The van der Waals surface area contributed by atoms with E-state index in [1.807, 2.05) is 0 Å². The maximum Gasteiger partial charge on any atom is 0.0204 e.